The summed E-state index contributed by atoms with van der Waals surface area (Å²) in [6, 6.07) is 22.8. The summed E-state index contributed by atoms with van der Waals surface area (Å²) in [4.78, 5) is 11.2. The molecule has 0 radical (unpaired) electrons. The molecule has 0 saturated carbocycles. The Kier molecular flexibility index (Phi) is 5.61. The number of carboxylic acids is 1. The second kappa shape index (κ2) is 8.18. The highest BCUT2D eigenvalue weighted by atomic mass is 16.4. The zero-order chi connectivity index (χ0) is 24.8. The van der Waals surface area contributed by atoms with Crippen molar-refractivity contribution >= 4 is 33.9 Å². The molecule has 0 unspecified atom stereocenters. The molecule has 0 aliphatic rings. The molecule has 0 saturated heterocycles. The first-order chi connectivity index (χ1) is 15.9. The molecule has 0 fully saturated rings. The van der Waals surface area contributed by atoms with Gasteiger partial charge in [-0.15, -0.1) is 0 Å². The summed E-state index contributed by atoms with van der Waals surface area (Å²) in [5.74, 6) is -1.22. The minimum atomic E-state index is -1.22. The molecule has 1 heterocycles. The maximum Gasteiger partial charge on any atom is 0.346 e. The van der Waals surface area contributed by atoms with Crippen molar-refractivity contribution in [2.45, 2.75) is 52.4 Å². The number of nitriles is 1. The highest BCUT2D eigenvalue weighted by Crippen LogP contribution is 2.37. The molecule has 4 nitrogen and oxygen atoms in total. The van der Waals surface area contributed by atoms with Gasteiger partial charge >= 0.3 is 5.97 Å². The smallest absolute Gasteiger partial charge is 0.346 e. The molecule has 34 heavy (non-hydrogen) atoms. The standard InChI is InChI=1S/C30H30N2O2/c1-29(2,3)21-9-13-26-24(16-21)25-17-22(30(4,5)6)10-14-27(25)32(26)23-11-7-19(8-12-23)15-20(18-31)28(33)34/h7-17H,1-6H3,(H,33,34)/b20-15-. The molecule has 1 aromatic heterocycles. The number of carbonyl (C=O) groups is 1. The van der Waals surface area contributed by atoms with E-state index in [1.807, 2.05) is 24.3 Å². The first kappa shape index (κ1) is 23.3. The van der Waals surface area contributed by atoms with E-state index in [-0.39, 0.29) is 16.4 Å². The topological polar surface area (TPSA) is 66.0 Å². The molecule has 0 aliphatic heterocycles. The lowest BCUT2D eigenvalue weighted by Gasteiger charge is -2.19. The normalized spacial score (nSPS) is 12.8. The van der Waals surface area contributed by atoms with Crippen LogP contribution in [0.5, 0.6) is 0 Å². The third-order valence-corrected chi connectivity index (χ3v) is 6.31. The molecule has 4 heteroatoms. The average molecular weight is 451 g/mol. The number of benzene rings is 3. The zero-order valence-electron chi connectivity index (χ0n) is 20.6. The fraction of sp³-hybridized carbons (Fsp3) is 0.267. The minimum Gasteiger partial charge on any atom is -0.477 e. The first-order valence-corrected chi connectivity index (χ1v) is 11.4. The van der Waals surface area contributed by atoms with Crippen LogP contribution in [-0.4, -0.2) is 15.6 Å². The quantitative estimate of drug-likeness (QED) is 0.262. The number of hydrogen-bond acceptors (Lipinski definition) is 2. The van der Waals surface area contributed by atoms with Crippen molar-refractivity contribution in [1.29, 1.82) is 5.26 Å². The van der Waals surface area contributed by atoms with Gasteiger partial charge in [0.2, 0.25) is 0 Å². The van der Waals surface area contributed by atoms with E-state index in [1.165, 1.54) is 28.0 Å². The van der Waals surface area contributed by atoms with Crippen LogP contribution >= 0.6 is 0 Å². The highest BCUT2D eigenvalue weighted by Gasteiger charge is 2.20. The van der Waals surface area contributed by atoms with E-state index in [0.717, 1.165) is 16.7 Å². The van der Waals surface area contributed by atoms with Crippen molar-refractivity contribution in [3.8, 4) is 11.8 Å². The molecular formula is C30H30N2O2. The van der Waals surface area contributed by atoms with Gasteiger partial charge in [0.05, 0.1) is 11.0 Å². The third kappa shape index (κ3) is 4.22. The summed E-state index contributed by atoms with van der Waals surface area (Å²) < 4.78 is 2.25. The predicted molar refractivity (Wildman–Crippen MR) is 139 cm³/mol. The van der Waals surface area contributed by atoms with Gasteiger partial charge in [-0.1, -0.05) is 65.8 Å². The molecule has 0 bridgehead atoms. The SMILES string of the molecule is CC(C)(C)c1ccc2c(c1)c1cc(C(C)(C)C)ccc1n2-c1ccc(/C=C(/C#N)C(=O)O)cc1. The molecule has 1 N–H and O–H groups in total. The van der Waals surface area contributed by atoms with E-state index < -0.39 is 5.97 Å². The van der Waals surface area contributed by atoms with Gasteiger partial charge in [-0.3, -0.25) is 0 Å². The van der Waals surface area contributed by atoms with Crippen molar-refractivity contribution in [2.75, 3.05) is 0 Å². The van der Waals surface area contributed by atoms with Crippen LogP contribution in [0.1, 0.15) is 58.2 Å². The molecule has 0 aliphatic carbocycles. The van der Waals surface area contributed by atoms with Crippen LogP contribution in [-0.2, 0) is 15.6 Å². The van der Waals surface area contributed by atoms with E-state index in [9.17, 15) is 4.79 Å². The van der Waals surface area contributed by atoms with E-state index in [0.29, 0.717) is 5.56 Å². The van der Waals surface area contributed by atoms with Crippen LogP contribution in [0.2, 0.25) is 0 Å². The lowest BCUT2D eigenvalue weighted by Crippen LogP contribution is -2.10. The number of nitrogens with zero attached hydrogens (tertiary/aromatic N) is 2. The number of aromatic nitrogens is 1. The van der Waals surface area contributed by atoms with E-state index in [2.05, 4.69) is 82.5 Å². The molecule has 3 aromatic carbocycles. The summed E-state index contributed by atoms with van der Waals surface area (Å²) in [6.45, 7) is 13.4. The van der Waals surface area contributed by atoms with Crippen molar-refractivity contribution < 1.29 is 9.90 Å². The Hall–Kier alpha value is -3.84. The Morgan fingerprint density at radius 1 is 0.824 bits per heavy atom. The summed E-state index contributed by atoms with van der Waals surface area (Å²) in [5.41, 5.74) is 6.29. The third-order valence-electron chi connectivity index (χ3n) is 6.31. The second-order valence-electron chi connectivity index (χ2n) is 10.9. The average Bonchev–Trinajstić information content (AvgIpc) is 3.09. The highest BCUT2D eigenvalue weighted by molar-refractivity contribution is 6.10. The van der Waals surface area contributed by atoms with E-state index in [1.54, 1.807) is 6.07 Å². The number of hydrogen-bond donors (Lipinski definition) is 1. The Balaban J connectivity index is 1.97. The summed E-state index contributed by atoms with van der Waals surface area (Å²) in [7, 11) is 0. The second-order valence-corrected chi connectivity index (χ2v) is 10.9. The van der Waals surface area contributed by atoms with Gasteiger partial charge < -0.3 is 9.67 Å². The first-order valence-electron chi connectivity index (χ1n) is 11.4. The number of carboxylic acid groups (broad SMARTS) is 1. The van der Waals surface area contributed by atoms with Gasteiger partial charge in [-0.05, 0) is 70.0 Å². The molecular weight excluding hydrogens is 420 g/mol. The molecule has 0 atom stereocenters. The lowest BCUT2D eigenvalue weighted by atomic mass is 9.85. The van der Waals surface area contributed by atoms with Crippen molar-refractivity contribution in [2.24, 2.45) is 0 Å². The maximum atomic E-state index is 11.2. The zero-order valence-corrected chi connectivity index (χ0v) is 20.6. The number of aliphatic carboxylic acids is 1. The fourth-order valence-corrected chi connectivity index (χ4v) is 4.26. The molecule has 172 valence electrons. The molecule has 0 amide bonds. The van der Waals surface area contributed by atoms with Crippen molar-refractivity contribution in [3.05, 3.63) is 82.9 Å². The Morgan fingerprint density at radius 2 is 1.29 bits per heavy atom. The van der Waals surface area contributed by atoms with Gasteiger partial charge in [0.25, 0.3) is 0 Å². The van der Waals surface area contributed by atoms with Crippen molar-refractivity contribution in [1.82, 2.24) is 4.57 Å². The molecule has 4 aromatic rings. The Labute approximate surface area is 200 Å². The lowest BCUT2D eigenvalue weighted by molar-refractivity contribution is -0.132. The number of rotatable bonds is 3. The largest absolute Gasteiger partial charge is 0.477 e. The van der Waals surface area contributed by atoms with E-state index >= 15 is 0 Å². The minimum absolute atomic E-state index is 0.0425. The number of fused-ring (bicyclic) bond motifs is 3. The maximum absolute atomic E-state index is 11.2. The van der Waals surface area contributed by atoms with E-state index in [4.69, 9.17) is 10.4 Å². The van der Waals surface area contributed by atoms with Gasteiger partial charge in [0.15, 0.2) is 0 Å². The van der Waals surface area contributed by atoms with Gasteiger partial charge in [-0.2, -0.15) is 5.26 Å². The predicted octanol–water partition coefficient (Wildman–Crippen LogP) is 7.37. The van der Waals surface area contributed by atoms with Crippen LogP contribution < -0.4 is 0 Å². The van der Waals surface area contributed by atoms with Crippen LogP contribution in [0.15, 0.2) is 66.2 Å². The Bertz CT molecular complexity index is 1410. The molecule has 0 spiro atoms. The van der Waals surface area contributed by atoms with Crippen molar-refractivity contribution in [3.63, 3.8) is 0 Å². The van der Waals surface area contributed by atoms with Gasteiger partial charge in [0, 0.05) is 16.5 Å². The van der Waals surface area contributed by atoms with Gasteiger partial charge in [-0.25, -0.2) is 4.79 Å². The van der Waals surface area contributed by atoms with Crippen LogP contribution in [0.3, 0.4) is 0 Å². The van der Waals surface area contributed by atoms with Gasteiger partial charge in [0.1, 0.15) is 11.6 Å². The Morgan fingerprint density at radius 3 is 1.68 bits per heavy atom. The molecule has 4 rings (SSSR count). The summed E-state index contributed by atoms with van der Waals surface area (Å²) in [5, 5.41) is 20.6. The van der Waals surface area contributed by atoms with Crippen LogP contribution in [0, 0.1) is 11.3 Å². The summed E-state index contributed by atoms with van der Waals surface area (Å²) in [6.07, 6.45) is 1.39. The monoisotopic (exact) mass is 450 g/mol. The fourth-order valence-electron chi connectivity index (χ4n) is 4.26. The summed E-state index contributed by atoms with van der Waals surface area (Å²) >= 11 is 0. The van der Waals surface area contributed by atoms with Crippen LogP contribution in [0.4, 0.5) is 0 Å². The van der Waals surface area contributed by atoms with Crippen LogP contribution in [0.25, 0.3) is 33.6 Å².